The average molecular weight is 635 g/mol. The number of aromatic nitrogens is 2. The second-order valence-corrected chi connectivity index (χ2v) is 15.9. The minimum atomic E-state index is -0.531. The highest BCUT2D eigenvalue weighted by Crippen LogP contribution is 2.55. The number of nitrogens with one attached hydrogen (secondary N) is 2. The van der Waals surface area contributed by atoms with Crippen molar-refractivity contribution in [3.63, 3.8) is 0 Å². The van der Waals surface area contributed by atoms with Crippen LogP contribution in [0.1, 0.15) is 85.1 Å². The van der Waals surface area contributed by atoms with Crippen LogP contribution < -0.4 is 10.6 Å². The van der Waals surface area contributed by atoms with Crippen LogP contribution in [0.5, 0.6) is 0 Å². The lowest BCUT2D eigenvalue weighted by molar-refractivity contribution is -0.268. The Morgan fingerprint density at radius 1 is 0.955 bits per heavy atom. The lowest BCUT2D eigenvalue weighted by Gasteiger charge is -2.56. The largest absolute Gasteiger partial charge is 0.392 e. The summed E-state index contributed by atoms with van der Waals surface area (Å²) in [7, 11) is 0. The Hall–Kier alpha value is -2.50. The molecule has 44 heavy (non-hydrogen) atoms. The SMILES string of the molecule is Cc1nnc(SC[C@H]2O[C@@H](c3ccc(CNC(=O)NC45CC6CC(CC(C6)C4)C5)cc3)O[C@@H](c3ccc(CO)cc3)[C@H]2C)s1. The molecule has 2 aromatic carbocycles. The summed E-state index contributed by atoms with van der Waals surface area (Å²) >= 11 is 3.26. The van der Waals surface area contributed by atoms with Crippen molar-refractivity contribution >= 4 is 29.1 Å². The normalized spacial score (nSPS) is 32.5. The van der Waals surface area contributed by atoms with Crippen molar-refractivity contribution in [2.75, 3.05) is 5.75 Å². The maximum Gasteiger partial charge on any atom is 0.315 e. The van der Waals surface area contributed by atoms with E-state index in [1.807, 2.05) is 55.5 Å². The fraction of sp³-hybridized carbons (Fsp3) is 0.559. The Labute approximate surface area is 267 Å². The number of aryl methyl sites for hydroxylation is 1. The Balaban J connectivity index is 1.00. The highest BCUT2D eigenvalue weighted by Gasteiger charge is 2.51. The summed E-state index contributed by atoms with van der Waals surface area (Å²) in [5.41, 5.74) is 3.93. The number of aliphatic hydroxyl groups is 1. The van der Waals surface area contributed by atoms with E-state index >= 15 is 0 Å². The summed E-state index contributed by atoms with van der Waals surface area (Å²) in [6, 6.07) is 16.1. The number of amides is 2. The van der Waals surface area contributed by atoms with Gasteiger partial charge in [0.2, 0.25) is 0 Å². The molecule has 234 valence electrons. The molecule has 2 heterocycles. The zero-order valence-corrected chi connectivity index (χ0v) is 27.0. The van der Waals surface area contributed by atoms with Gasteiger partial charge in [0.1, 0.15) is 5.01 Å². The Bertz CT molecular complexity index is 1410. The molecular weight excluding hydrogens is 593 g/mol. The number of ether oxygens (including phenoxy) is 2. The van der Waals surface area contributed by atoms with Crippen LogP contribution in [-0.2, 0) is 22.6 Å². The molecule has 1 aliphatic heterocycles. The monoisotopic (exact) mass is 634 g/mol. The molecule has 1 saturated heterocycles. The van der Waals surface area contributed by atoms with Crippen LogP contribution in [0.2, 0.25) is 0 Å². The number of carbonyl (C=O) groups is 1. The second kappa shape index (κ2) is 12.7. The van der Waals surface area contributed by atoms with Crippen molar-refractivity contribution in [1.29, 1.82) is 0 Å². The van der Waals surface area contributed by atoms with Gasteiger partial charge in [0.25, 0.3) is 0 Å². The first kappa shape index (κ1) is 30.2. The van der Waals surface area contributed by atoms with Gasteiger partial charge in [-0.3, -0.25) is 0 Å². The molecular formula is C34H42N4O4S2. The number of carbonyl (C=O) groups excluding carboxylic acids is 1. The molecule has 1 aromatic heterocycles. The third kappa shape index (κ3) is 6.56. The lowest BCUT2D eigenvalue weighted by Crippen LogP contribution is -2.61. The zero-order chi connectivity index (χ0) is 30.3. The fourth-order valence-electron chi connectivity index (χ4n) is 8.32. The van der Waals surface area contributed by atoms with E-state index < -0.39 is 6.29 Å². The van der Waals surface area contributed by atoms with Crippen LogP contribution in [0, 0.1) is 30.6 Å². The van der Waals surface area contributed by atoms with Gasteiger partial charge in [-0.05, 0) is 79.9 Å². The summed E-state index contributed by atoms with van der Waals surface area (Å²) in [6.07, 6.45) is 6.76. The Kier molecular flexibility index (Phi) is 8.72. The number of urea groups is 1. The van der Waals surface area contributed by atoms with Crippen LogP contribution in [0.25, 0.3) is 0 Å². The smallest absolute Gasteiger partial charge is 0.315 e. The third-order valence-electron chi connectivity index (χ3n) is 10.1. The van der Waals surface area contributed by atoms with Crippen LogP contribution in [0.4, 0.5) is 4.79 Å². The number of rotatable bonds is 9. The van der Waals surface area contributed by atoms with Crippen LogP contribution in [-0.4, -0.2) is 38.7 Å². The van der Waals surface area contributed by atoms with E-state index in [1.54, 1.807) is 23.1 Å². The number of hydrogen-bond donors (Lipinski definition) is 3. The predicted molar refractivity (Wildman–Crippen MR) is 171 cm³/mol. The van der Waals surface area contributed by atoms with E-state index in [0.29, 0.717) is 6.54 Å². The highest BCUT2D eigenvalue weighted by molar-refractivity contribution is 8.01. The Morgan fingerprint density at radius 2 is 1.59 bits per heavy atom. The molecule has 4 aliphatic carbocycles. The van der Waals surface area contributed by atoms with Gasteiger partial charge >= 0.3 is 6.03 Å². The zero-order valence-electron chi connectivity index (χ0n) is 25.4. The van der Waals surface area contributed by atoms with Gasteiger partial charge in [-0.15, -0.1) is 10.2 Å². The van der Waals surface area contributed by atoms with Gasteiger partial charge in [-0.25, -0.2) is 4.79 Å². The molecule has 3 N–H and O–H groups in total. The summed E-state index contributed by atoms with van der Waals surface area (Å²) < 4.78 is 14.1. The van der Waals surface area contributed by atoms with Crippen molar-refractivity contribution < 1.29 is 19.4 Å². The molecule has 5 fully saturated rings. The third-order valence-corrected chi connectivity index (χ3v) is 12.2. The van der Waals surface area contributed by atoms with Crippen molar-refractivity contribution in [2.24, 2.45) is 23.7 Å². The molecule has 0 radical (unpaired) electrons. The maximum atomic E-state index is 13.0. The van der Waals surface area contributed by atoms with Crippen LogP contribution >= 0.6 is 23.1 Å². The van der Waals surface area contributed by atoms with Gasteiger partial charge in [0.05, 0.1) is 18.8 Å². The summed E-state index contributed by atoms with van der Waals surface area (Å²) in [4.78, 5) is 13.0. The quantitative estimate of drug-likeness (QED) is 0.225. The standard InChI is InChI=1S/C34H42N4O4S2/c1-20-29(19-43-33-38-37-21(2)44-33)41-31(42-30(20)27-7-5-23(18-39)6-8-27)28-9-3-22(4-10-28)17-35-32(40)36-34-14-24-11-25(15-34)13-26(12-24)16-34/h3-10,20,24-26,29-31,39H,11-19H2,1-2H3,(H2,35,36,40)/t20-,24?,25?,26?,29+,30+,31+,34?/m0/s1. The van der Waals surface area contributed by atoms with Gasteiger partial charge < -0.3 is 25.2 Å². The molecule has 5 aliphatic rings. The van der Waals surface area contributed by atoms with Crippen LogP contribution in [0.15, 0.2) is 52.9 Å². The van der Waals surface area contributed by atoms with Crippen molar-refractivity contribution in [1.82, 2.24) is 20.8 Å². The molecule has 8 nitrogen and oxygen atoms in total. The predicted octanol–water partition coefficient (Wildman–Crippen LogP) is 6.69. The van der Waals surface area contributed by atoms with E-state index in [4.69, 9.17) is 9.47 Å². The second-order valence-electron chi connectivity index (χ2n) is 13.5. The highest BCUT2D eigenvalue weighted by atomic mass is 32.2. The topological polar surface area (TPSA) is 106 Å². The lowest BCUT2D eigenvalue weighted by atomic mass is 9.53. The van der Waals surface area contributed by atoms with Crippen LogP contribution in [0.3, 0.4) is 0 Å². The minimum absolute atomic E-state index is 0.00811. The van der Waals surface area contributed by atoms with E-state index in [-0.39, 0.29) is 36.3 Å². The summed E-state index contributed by atoms with van der Waals surface area (Å²) in [5.74, 6) is 3.23. The van der Waals surface area contributed by atoms with Gasteiger partial charge in [-0.1, -0.05) is 78.6 Å². The first-order valence-electron chi connectivity index (χ1n) is 15.9. The molecule has 3 aromatic rings. The van der Waals surface area contributed by atoms with E-state index in [1.165, 1.54) is 19.3 Å². The van der Waals surface area contributed by atoms with Crippen molar-refractivity contribution in [2.45, 2.75) is 93.9 Å². The number of nitrogens with zero attached hydrogens (tertiary/aromatic N) is 2. The molecule has 4 saturated carbocycles. The molecule has 4 atom stereocenters. The maximum absolute atomic E-state index is 13.0. The van der Waals surface area contributed by atoms with Gasteiger partial charge in [-0.2, -0.15) is 0 Å². The molecule has 0 spiro atoms. The fourth-order valence-corrected chi connectivity index (χ4v) is 10.3. The molecule has 0 unspecified atom stereocenters. The Morgan fingerprint density at radius 3 is 2.20 bits per heavy atom. The number of aliphatic hydroxyl groups excluding tert-OH is 1. The van der Waals surface area contributed by atoms with E-state index in [2.05, 4.69) is 27.8 Å². The first-order valence-corrected chi connectivity index (χ1v) is 17.7. The number of hydrogen-bond acceptors (Lipinski definition) is 8. The minimum Gasteiger partial charge on any atom is -0.392 e. The molecule has 10 heteroatoms. The molecule has 4 bridgehead atoms. The van der Waals surface area contributed by atoms with E-state index in [9.17, 15) is 9.90 Å². The number of benzene rings is 2. The van der Waals surface area contributed by atoms with E-state index in [0.717, 1.165) is 74.4 Å². The molecule has 8 rings (SSSR count). The first-order chi connectivity index (χ1) is 21.3. The number of thioether (sulfide) groups is 1. The van der Waals surface area contributed by atoms with Crippen molar-refractivity contribution in [3.8, 4) is 0 Å². The van der Waals surface area contributed by atoms with Crippen molar-refractivity contribution in [3.05, 3.63) is 75.8 Å². The summed E-state index contributed by atoms with van der Waals surface area (Å²) in [6.45, 7) is 4.62. The average Bonchev–Trinajstić information content (AvgIpc) is 3.44. The molecule has 2 amide bonds. The summed E-state index contributed by atoms with van der Waals surface area (Å²) in [5, 5.41) is 25.4. The van der Waals surface area contributed by atoms with Gasteiger partial charge in [0, 0.05) is 29.3 Å². The van der Waals surface area contributed by atoms with Gasteiger partial charge in [0.15, 0.2) is 10.6 Å².